The number of amidine groups is 1. The molecular weight excluding hydrogens is 523 g/mol. The Hall–Kier alpha value is -4.48. The lowest BCUT2D eigenvalue weighted by molar-refractivity contribution is -0.152. The van der Waals surface area contributed by atoms with E-state index in [4.69, 9.17) is 10.7 Å². The molecule has 2 aliphatic rings. The average molecular weight is 561 g/mol. The number of hydrogen-bond acceptors (Lipinski definition) is 7. The summed E-state index contributed by atoms with van der Waals surface area (Å²) in [4.78, 5) is 27.2. The number of anilines is 1. The van der Waals surface area contributed by atoms with Crippen LogP contribution in [-0.4, -0.2) is 66.1 Å². The fraction of sp³-hybridized carbons (Fsp3) is 0.414. The molecule has 12 heteroatoms. The molecule has 41 heavy (non-hydrogen) atoms. The summed E-state index contributed by atoms with van der Waals surface area (Å²) in [5.41, 5.74) is 8.01. The number of rotatable bonds is 7. The van der Waals surface area contributed by atoms with Gasteiger partial charge in [0.1, 0.15) is 11.7 Å². The second-order valence-electron chi connectivity index (χ2n) is 11.0. The standard InChI is InChI=1S/C29H37FN10O/c1-19(31)14-25(35-26-15-20(2)36-37-26)34-22(4)38-12-9-29(10-13-38)8-5-11-39(28(29)41)21(3)23-6-7-27(32-16-23)40-18-24(30)17-33-40/h6-7,14-18,21H,4-5,8-13,31H2,1-3H3,(H2,34,35,36,37)/b19-14-/t21-/m1/s1. The van der Waals surface area contributed by atoms with Gasteiger partial charge in [-0.1, -0.05) is 12.6 Å². The summed E-state index contributed by atoms with van der Waals surface area (Å²) in [5, 5.41) is 14.3. The van der Waals surface area contributed by atoms with Crippen LogP contribution in [0, 0.1) is 18.2 Å². The van der Waals surface area contributed by atoms with Gasteiger partial charge in [-0.15, -0.1) is 0 Å². The Labute approximate surface area is 239 Å². The Bertz CT molecular complexity index is 1460. The summed E-state index contributed by atoms with van der Waals surface area (Å²) in [6.07, 6.45) is 9.21. The molecule has 11 nitrogen and oxygen atoms in total. The van der Waals surface area contributed by atoms with Crippen molar-refractivity contribution in [2.75, 3.05) is 25.0 Å². The highest BCUT2D eigenvalue weighted by Crippen LogP contribution is 2.43. The Kier molecular flexibility index (Phi) is 7.91. The molecule has 3 aromatic heterocycles. The van der Waals surface area contributed by atoms with Crippen LogP contribution in [0.5, 0.6) is 0 Å². The first-order chi connectivity index (χ1) is 19.6. The van der Waals surface area contributed by atoms with E-state index in [1.807, 2.05) is 30.9 Å². The van der Waals surface area contributed by atoms with Crippen molar-refractivity contribution in [1.29, 1.82) is 0 Å². The highest BCUT2D eigenvalue weighted by atomic mass is 19.1. The number of aliphatic imine (C=N–C) groups is 1. The highest BCUT2D eigenvalue weighted by Gasteiger charge is 2.47. The molecule has 3 aromatic rings. The normalized spacial score (nSPS) is 18.6. The van der Waals surface area contributed by atoms with Crippen molar-refractivity contribution in [2.24, 2.45) is 16.1 Å². The number of halogens is 1. The second kappa shape index (κ2) is 11.6. The van der Waals surface area contributed by atoms with E-state index >= 15 is 0 Å². The number of aryl methyl sites for hydroxylation is 1. The minimum absolute atomic E-state index is 0.126. The van der Waals surface area contributed by atoms with E-state index in [2.05, 4.69) is 37.1 Å². The van der Waals surface area contributed by atoms with Crippen molar-refractivity contribution in [3.63, 3.8) is 0 Å². The second-order valence-corrected chi connectivity index (χ2v) is 11.0. The van der Waals surface area contributed by atoms with Crippen LogP contribution in [0.4, 0.5) is 10.2 Å². The SMILES string of the molecule is C=C(N=C(/C=C(/C)N)Nc1cc(C)[nH]n1)N1CCC2(CCCN([C@H](C)c3ccc(-n4cc(F)cn4)nc3)C2=O)CC1. The zero-order valence-electron chi connectivity index (χ0n) is 23.8. The van der Waals surface area contributed by atoms with Gasteiger partial charge in [0.25, 0.3) is 0 Å². The summed E-state index contributed by atoms with van der Waals surface area (Å²) in [6.45, 7) is 12.1. The molecule has 2 saturated heterocycles. The molecule has 0 radical (unpaired) electrons. The smallest absolute Gasteiger partial charge is 0.229 e. The van der Waals surface area contributed by atoms with E-state index in [-0.39, 0.29) is 11.9 Å². The molecule has 1 amide bonds. The maximum Gasteiger partial charge on any atom is 0.229 e. The molecule has 0 unspecified atom stereocenters. The minimum Gasteiger partial charge on any atom is -0.402 e. The first-order valence-corrected chi connectivity index (χ1v) is 13.9. The van der Waals surface area contributed by atoms with E-state index in [1.165, 1.54) is 10.9 Å². The molecule has 1 atom stereocenters. The number of hydrogen-bond donors (Lipinski definition) is 3. The van der Waals surface area contributed by atoms with Gasteiger partial charge in [0, 0.05) is 43.3 Å². The third-order valence-corrected chi connectivity index (χ3v) is 7.94. The number of aromatic amines is 1. The van der Waals surface area contributed by atoms with Gasteiger partial charge in [-0.2, -0.15) is 10.2 Å². The van der Waals surface area contributed by atoms with Gasteiger partial charge in [0.15, 0.2) is 17.5 Å². The Morgan fingerprint density at radius 3 is 2.66 bits per heavy atom. The number of piperidine rings is 2. The highest BCUT2D eigenvalue weighted by molar-refractivity contribution is 6.04. The zero-order valence-corrected chi connectivity index (χ0v) is 23.8. The topological polar surface area (TPSA) is 133 Å². The van der Waals surface area contributed by atoms with Crippen LogP contribution in [-0.2, 0) is 4.79 Å². The molecule has 0 bridgehead atoms. The molecule has 216 valence electrons. The Morgan fingerprint density at radius 2 is 2.05 bits per heavy atom. The molecule has 0 saturated carbocycles. The number of allylic oxidation sites excluding steroid dienone is 1. The van der Waals surface area contributed by atoms with Crippen LogP contribution in [0.15, 0.2) is 66.0 Å². The van der Waals surface area contributed by atoms with Crippen molar-refractivity contribution in [1.82, 2.24) is 34.8 Å². The average Bonchev–Trinajstić information content (AvgIpc) is 3.57. The van der Waals surface area contributed by atoms with Gasteiger partial charge in [0.2, 0.25) is 5.91 Å². The van der Waals surface area contributed by atoms with Crippen molar-refractivity contribution in [2.45, 2.75) is 52.5 Å². The first kappa shape index (κ1) is 28.1. The fourth-order valence-electron chi connectivity index (χ4n) is 5.65. The molecule has 5 rings (SSSR count). The molecule has 4 N–H and O–H groups in total. The predicted molar refractivity (Wildman–Crippen MR) is 155 cm³/mol. The van der Waals surface area contributed by atoms with Crippen molar-refractivity contribution < 1.29 is 9.18 Å². The molecule has 0 aliphatic carbocycles. The minimum atomic E-state index is -0.418. The molecule has 2 aliphatic heterocycles. The van der Waals surface area contributed by atoms with E-state index in [9.17, 15) is 9.18 Å². The van der Waals surface area contributed by atoms with Gasteiger partial charge in [-0.25, -0.2) is 19.0 Å². The van der Waals surface area contributed by atoms with Crippen LogP contribution < -0.4 is 11.1 Å². The van der Waals surface area contributed by atoms with E-state index in [1.54, 1.807) is 25.3 Å². The lowest BCUT2D eigenvalue weighted by Gasteiger charge is -2.48. The number of nitrogens with zero attached hydrogens (tertiary/aromatic N) is 7. The van der Waals surface area contributed by atoms with Crippen LogP contribution >= 0.6 is 0 Å². The molecular formula is C29H37FN10O. The molecule has 0 aromatic carbocycles. The number of nitrogens with one attached hydrogen (secondary N) is 2. The number of amides is 1. The Morgan fingerprint density at radius 1 is 1.27 bits per heavy atom. The van der Waals surface area contributed by atoms with Crippen LogP contribution in [0.2, 0.25) is 0 Å². The van der Waals surface area contributed by atoms with E-state index in [0.29, 0.717) is 48.6 Å². The summed E-state index contributed by atoms with van der Waals surface area (Å²) in [7, 11) is 0. The lowest BCUT2D eigenvalue weighted by atomic mass is 9.71. The van der Waals surface area contributed by atoms with Gasteiger partial charge in [-0.05, 0) is 64.2 Å². The third-order valence-electron chi connectivity index (χ3n) is 7.94. The first-order valence-electron chi connectivity index (χ1n) is 13.9. The quantitative estimate of drug-likeness (QED) is 0.293. The van der Waals surface area contributed by atoms with Crippen LogP contribution in [0.3, 0.4) is 0 Å². The number of nitrogens with two attached hydrogens (primary N) is 1. The van der Waals surface area contributed by atoms with E-state index < -0.39 is 11.2 Å². The predicted octanol–water partition coefficient (Wildman–Crippen LogP) is 4.05. The fourth-order valence-corrected chi connectivity index (χ4v) is 5.65. The van der Waals surface area contributed by atoms with Crippen molar-refractivity contribution in [3.05, 3.63) is 78.0 Å². The van der Waals surface area contributed by atoms with Crippen molar-refractivity contribution >= 4 is 17.6 Å². The summed E-state index contributed by atoms with van der Waals surface area (Å²) >= 11 is 0. The number of likely N-dealkylation sites (tertiary alicyclic amines) is 2. The molecule has 2 fully saturated rings. The number of aromatic nitrogens is 5. The number of H-pyrrole nitrogens is 1. The summed E-state index contributed by atoms with van der Waals surface area (Å²) in [5.74, 6) is 2.11. The summed E-state index contributed by atoms with van der Waals surface area (Å²) in [6, 6.07) is 5.48. The van der Waals surface area contributed by atoms with Gasteiger partial charge in [-0.3, -0.25) is 9.89 Å². The largest absolute Gasteiger partial charge is 0.402 e. The third kappa shape index (κ3) is 6.16. The summed E-state index contributed by atoms with van der Waals surface area (Å²) < 4.78 is 14.7. The number of pyridine rings is 1. The maximum atomic E-state index is 13.9. The van der Waals surface area contributed by atoms with Crippen LogP contribution in [0.1, 0.15) is 56.8 Å². The monoisotopic (exact) mass is 560 g/mol. The molecule has 5 heterocycles. The lowest BCUT2D eigenvalue weighted by Crippen LogP contribution is -2.53. The zero-order chi connectivity index (χ0) is 29.1. The maximum absolute atomic E-state index is 13.9. The Balaban J connectivity index is 1.24. The van der Waals surface area contributed by atoms with Gasteiger partial charge in [0.05, 0.1) is 23.9 Å². The van der Waals surface area contributed by atoms with Gasteiger partial charge < -0.3 is 20.9 Å². The van der Waals surface area contributed by atoms with E-state index in [0.717, 1.165) is 43.1 Å². The van der Waals surface area contributed by atoms with Gasteiger partial charge >= 0.3 is 0 Å². The van der Waals surface area contributed by atoms with Crippen LogP contribution in [0.25, 0.3) is 5.82 Å². The number of carbonyl (C=O) groups is 1. The number of carbonyl (C=O) groups excluding carboxylic acids is 1. The molecule has 1 spiro atoms. The van der Waals surface area contributed by atoms with Crippen molar-refractivity contribution in [3.8, 4) is 5.82 Å².